The van der Waals surface area contributed by atoms with Gasteiger partial charge >= 0.3 is 5.97 Å². The van der Waals surface area contributed by atoms with Crippen molar-refractivity contribution in [2.45, 2.75) is 24.9 Å². The summed E-state index contributed by atoms with van der Waals surface area (Å²) in [5, 5.41) is 14.5. The lowest BCUT2D eigenvalue weighted by atomic mass is 10.2. The molecule has 0 spiro atoms. The average molecular weight is 270 g/mol. The van der Waals surface area contributed by atoms with E-state index in [1.54, 1.807) is 5.38 Å². The van der Waals surface area contributed by atoms with Gasteiger partial charge in [-0.05, 0) is 26.4 Å². The zero-order valence-electron chi connectivity index (χ0n) is 10.3. The minimum absolute atomic E-state index is 0.412. The van der Waals surface area contributed by atoms with E-state index in [0.29, 0.717) is 11.7 Å². The maximum atomic E-state index is 10.7. The zero-order valence-corrected chi connectivity index (χ0v) is 11.1. The van der Waals surface area contributed by atoms with Crippen molar-refractivity contribution < 1.29 is 9.90 Å². The number of thiazole rings is 1. The van der Waals surface area contributed by atoms with Gasteiger partial charge in [0.05, 0.1) is 5.69 Å². The fraction of sp³-hybridized carbons (Fsp3) is 0.636. The smallest absolute Gasteiger partial charge is 0.326 e. The Labute approximate surface area is 110 Å². The van der Waals surface area contributed by atoms with E-state index in [9.17, 15) is 4.79 Å². The first-order valence-electron chi connectivity index (χ1n) is 5.96. The van der Waals surface area contributed by atoms with E-state index in [0.717, 1.165) is 18.2 Å². The minimum atomic E-state index is -1.05. The van der Waals surface area contributed by atoms with Crippen LogP contribution in [0.15, 0.2) is 5.38 Å². The number of hydrogen-bond donors (Lipinski definition) is 3. The molecule has 0 saturated carbocycles. The van der Waals surface area contributed by atoms with Crippen LogP contribution in [0.1, 0.15) is 24.6 Å². The molecule has 100 valence electrons. The highest BCUT2D eigenvalue weighted by Gasteiger charge is 2.21. The van der Waals surface area contributed by atoms with Crippen LogP contribution in [0.25, 0.3) is 0 Å². The second kappa shape index (κ2) is 5.64. The van der Waals surface area contributed by atoms with E-state index >= 15 is 0 Å². The van der Waals surface area contributed by atoms with Crippen LogP contribution >= 0.6 is 11.3 Å². The number of nitrogens with two attached hydrogens (primary N) is 1. The van der Waals surface area contributed by atoms with Gasteiger partial charge in [-0.25, -0.2) is 4.98 Å². The molecule has 0 aromatic carbocycles. The molecule has 0 amide bonds. The summed E-state index contributed by atoms with van der Waals surface area (Å²) in [6.45, 7) is 1.98. The van der Waals surface area contributed by atoms with E-state index in [-0.39, 0.29) is 0 Å². The van der Waals surface area contributed by atoms with Crippen molar-refractivity contribution in [3.8, 4) is 0 Å². The van der Waals surface area contributed by atoms with E-state index in [2.05, 4.69) is 22.2 Å². The van der Waals surface area contributed by atoms with Crippen LogP contribution in [0.3, 0.4) is 0 Å². The van der Waals surface area contributed by atoms with Crippen molar-refractivity contribution in [1.82, 2.24) is 9.88 Å². The normalized spacial score (nSPS) is 22.0. The maximum Gasteiger partial charge on any atom is 0.326 e. The highest BCUT2D eigenvalue weighted by molar-refractivity contribution is 7.13. The van der Waals surface area contributed by atoms with E-state index in [1.165, 1.54) is 24.2 Å². The molecule has 0 bridgehead atoms. The number of nitrogens with one attached hydrogen (secondary N) is 1. The fourth-order valence-corrected chi connectivity index (χ4v) is 2.84. The lowest BCUT2D eigenvalue weighted by molar-refractivity contribution is -0.138. The van der Waals surface area contributed by atoms with Crippen LogP contribution in [0.2, 0.25) is 0 Å². The van der Waals surface area contributed by atoms with Crippen LogP contribution in [0.5, 0.6) is 0 Å². The second-order valence-corrected chi connectivity index (χ2v) is 5.41. The fourth-order valence-electron chi connectivity index (χ4n) is 2.08. The molecule has 0 aliphatic carbocycles. The topological polar surface area (TPSA) is 91.5 Å². The molecular formula is C11H18N4O2S. The molecule has 18 heavy (non-hydrogen) atoms. The van der Waals surface area contributed by atoms with Crippen molar-refractivity contribution >= 4 is 22.4 Å². The quantitative estimate of drug-likeness (QED) is 0.731. The summed E-state index contributed by atoms with van der Waals surface area (Å²) in [7, 11) is 2.12. The molecule has 1 saturated heterocycles. The molecule has 1 aliphatic rings. The lowest BCUT2D eigenvalue weighted by Gasteiger charge is -2.19. The number of aliphatic carboxylic acids is 1. The number of likely N-dealkylation sites (N-methyl/N-ethyl adjacent to an activating group) is 1. The van der Waals surface area contributed by atoms with Crippen LogP contribution in [-0.2, 0) is 4.79 Å². The Kier molecular flexibility index (Phi) is 4.15. The van der Waals surface area contributed by atoms with Crippen molar-refractivity contribution in [2.75, 3.05) is 25.5 Å². The van der Waals surface area contributed by atoms with Crippen molar-refractivity contribution in [2.24, 2.45) is 5.73 Å². The third kappa shape index (κ3) is 2.98. The molecule has 0 radical (unpaired) electrons. The molecular weight excluding hydrogens is 252 g/mol. The van der Waals surface area contributed by atoms with Gasteiger partial charge in [-0.3, -0.25) is 4.79 Å². The summed E-state index contributed by atoms with van der Waals surface area (Å²) in [4.78, 5) is 17.3. The van der Waals surface area contributed by atoms with Crippen LogP contribution in [0, 0.1) is 0 Å². The highest BCUT2D eigenvalue weighted by atomic mass is 32.1. The number of anilines is 1. The molecule has 1 aliphatic heterocycles. The number of likely N-dealkylation sites (tertiary alicyclic amines) is 1. The van der Waals surface area contributed by atoms with Gasteiger partial charge in [-0.1, -0.05) is 0 Å². The Morgan fingerprint density at radius 2 is 2.61 bits per heavy atom. The lowest BCUT2D eigenvalue weighted by Crippen LogP contribution is -2.31. The first kappa shape index (κ1) is 13.3. The first-order chi connectivity index (χ1) is 8.58. The number of nitrogens with zero attached hydrogens (tertiary/aromatic N) is 2. The number of carboxylic acids is 1. The predicted molar refractivity (Wildman–Crippen MR) is 70.8 cm³/mol. The summed E-state index contributed by atoms with van der Waals surface area (Å²) in [6, 6.07) is -0.503. The molecule has 1 aromatic heterocycles. The first-order valence-corrected chi connectivity index (χ1v) is 6.84. The molecule has 6 nitrogen and oxygen atoms in total. The van der Waals surface area contributed by atoms with Crippen molar-refractivity contribution in [3.63, 3.8) is 0 Å². The van der Waals surface area contributed by atoms with Gasteiger partial charge < -0.3 is 21.1 Å². The highest BCUT2D eigenvalue weighted by Crippen LogP contribution is 2.21. The summed E-state index contributed by atoms with van der Waals surface area (Å²) in [6.07, 6.45) is 2.42. The third-order valence-corrected chi connectivity index (χ3v) is 4.09. The van der Waals surface area contributed by atoms with Gasteiger partial charge in [0.25, 0.3) is 0 Å². The van der Waals surface area contributed by atoms with Crippen molar-refractivity contribution in [1.29, 1.82) is 0 Å². The van der Waals surface area contributed by atoms with Gasteiger partial charge in [-0.2, -0.15) is 0 Å². The number of carboxylic acid groups (broad SMARTS) is 1. The molecule has 2 atom stereocenters. The van der Waals surface area contributed by atoms with Gasteiger partial charge in [-0.15, -0.1) is 11.3 Å². The third-order valence-electron chi connectivity index (χ3n) is 3.27. The molecule has 2 unspecified atom stereocenters. The summed E-state index contributed by atoms with van der Waals surface area (Å²) >= 11 is 1.40. The summed E-state index contributed by atoms with van der Waals surface area (Å²) in [5.41, 5.74) is 5.91. The Hall–Kier alpha value is -1.18. The predicted octanol–water partition coefficient (Wildman–Crippen LogP) is 0.734. The maximum absolute atomic E-state index is 10.7. The SMILES string of the molecule is CN1CCCC1CNc1nc(C(N)C(=O)O)cs1. The van der Waals surface area contributed by atoms with Gasteiger partial charge in [0.15, 0.2) is 5.13 Å². The number of hydrogen-bond acceptors (Lipinski definition) is 6. The number of aromatic nitrogens is 1. The van der Waals surface area contributed by atoms with Gasteiger partial charge in [0.1, 0.15) is 6.04 Å². The number of carbonyl (C=O) groups is 1. The molecule has 2 rings (SSSR count). The van der Waals surface area contributed by atoms with Crippen molar-refractivity contribution in [3.05, 3.63) is 11.1 Å². The number of rotatable bonds is 5. The van der Waals surface area contributed by atoms with E-state index in [1.807, 2.05) is 0 Å². The monoisotopic (exact) mass is 270 g/mol. The van der Waals surface area contributed by atoms with Crippen LogP contribution < -0.4 is 11.1 Å². The van der Waals surface area contributed by atoms with Crippen LogP contribution in [0.4, 0.5) is 5.13 Å². The molecule has 1 fully saturated rings. The average Bonchev–Trinajstić information content (AvgIpc) is 2.94. The minimum Gasteiger partial charge on any atom is -0.480 e. The molecule has 1 aromatic rings. The van der Waals surface area contributed by atoms with Crippen LogP contribution in [-0.4, -0.2) is 47.1 Å². The summed E-state index contributed by atoms with van der Waals surface area (Å²) < 4.78 is 0. The van der Waals surface area contributed by atoms with Gasteiger partial charge in [0, 0.05) is 18.0 Å². The Morgan fingerprint density at radius 3 is 3.22 bits per heavy atom. The molecule has 2 heterocycles. The molecule has 4 N–H and O–H groups in total. The van der Waals surface area contributed by atoms with E-state index < -0.39 is 12.0 Å². The standard InChI is InChI=1S/C11H18N4O2S/c1-15-4-2-3-7(15)5-13-11-14-8(6-18-11)9(12)10(16)17/h6-7,9H,2-5,12H2,1H3,(H,13,14)(H,16,17). The van der Waals surface area contributed by atoms with Gasteiger partial charge in [0.2, 0.25) is 0 Å². The second-order valence-electron chi connectivity index (χ2n) is 4.55. The zero-order chi connectivity index (χ0) is 13.1. The summed E-state index contributed by atoms with van der Waals surface area (Å²) in [5.74, 6) is -1.05. The van der Waals surface area contributed by atoms with E-state index in [4.69, 9.17) is 10.8 Å². The molecule has 7 heteroatoms. The Balaban J connectivity index is 1.88. The Morgan fingerprint density at radius 1 is 1.83 bits per heavy atom. The Bertz CT molecular complexity index is 423. The largest absolute Gasteiger partial charge is 0.480 e.